The van der Waals surface area contributed by atoms with Crippen molar-refractivity contribution in [1.29, 1.82) is 0 Å². The zero-order valence-electron chi connectivity index (χ0n) is 14.2. The van der Waals surface area contributed by atoms with E-state index in [9.17, 15) is 19.2 Å². The first-order valence-corrected chi connectivity index (χ1v) is 8.33. The summed E-state index contributed by atoms with van der Waals surface area (Å²) < 4.78 is 0. The molecule has 4 rings (SSSR count). The first kappa shape index (κ1) is 16.7. The van der Waals surface area contributed by atoms with E-state index >= 15 is 0 Å². The van der Waals surface area contributed by atoms with Gasteiger partial charge in [0.1, 0.15) is 0 Å². The van der Waals surface area contributed by atoms with Crippen molar-refractivity contribution in [1.82, 2.24) is 0 Å². The van der Waals surface area contributed by atoms with Crippen molar-refractivity contribution in [2.45, 2.75) is 6.42 Å². The highest BCUT2D eigenvalue weighted by molar-refractivity contribution is 6.28. The predicted octanol–water partition coefficient (Wildman–Crippen LogP) is 2.14. The summed E-state index contributed by atoms with van der Waals surface area (Å²) in [4.78, 5) is 49.4. The van der Waals surface area contributed by atoms with Gasteiger partial charge in [0.05, 0.1) is 11.4 Å². The van der Waals surface area contributed by atoms with Crippen LogP contribution in [0.1, 0.15) is 11.1 Å². The van der Waals surface area contributed by atoms with Gasteiger partial charge >= 0.3 is 0 Å². The van der Waals surface area contributed by atoms with Crippen LogP contribution in [0.2, 0.25) is 0 Å². The van der Waals surface area contributed by atoms with Gasteiger partial charge in [0.2, 0.25) is 0 Å². The molecule has 0 unspecified atom stereocenters. The largest absolute Gasteiger partial charge is 0.269 e. The fourth-order valence-electron chi connectivity index (χ4n) is 3.11. The summed E-state index contributed by atoms with van der Waals surface area (Å²) in [6.07, 6.45) is 5.58. The molecule has 6 heteroatoms. The smallest absolute Gasteiger partial charge is 0.258 e. The highest BCUT2D eigenvalue weighted by atomic mass is 16.2. The Bertz CT molecular complexity index is 998. The Balaban J connectivity index is 1.52. The highest BCUT2D eigenvalue weighted by Gasteiger charge is 2.26. The minimum Gasteiger partial charge on any atom is -0.269 e. The summed E-state index contributed by atoms with van der Waals surface area (Å²) in [5.41, 5.74) is 2.96. The maximum Gasteiger partial charge on any atom is 0.258 e. The second-order valence-corrected chi connectivity index (χ2v) is 6.20. The molecule has 6 nitrogen and oxygen atoms in total. The molecule has 2 aromatic rings. The molecular formula is C21H14N2O4. The van der Waals surface area contributed by atoms with Gasteiger partial charge in [0.25, 0.3) is 23.6 Å². The number of benzene rings is 2. The molecule has 2 aliphatic rings. The van der Waals surface area contributed by atoms with Crippen LogP contribution in [0.4, 0.5) is 11.4 Å². The quantitative estimate of drug-likeness (QED) is 0.785. The Morgan fingerprint density at radius 1 is 0.556 bits per heavy atom. The Morgan fingerprint density at radius 2 is 1.07 bits per heavy atom. The molecule has 0 aromatic heterocycles. The Kier molecular flexibility index (Phi) is 4.01. The molecule has 0 saturated carbocycles. The molecular weight excluding hydrogens is 344 g/mol. The van der Waals surface area contributed by atoms with Gasteiger partial charge in [-0.25, -0.2) is 9.80 Å². The van der Waals surface area contributed by atoms with E-state index in [2.05, 4.69) is 0 Å². The third kappa shape index (κ3) is 3.08. The lowest BCUT2D eigenvalue weighted by Crippen LogP contribution is -2.29. The van der Waals surface area contributed by atoms with Crippen LogP contribution in [-0.4, -0.2) is 23.6 Å². The summed E-state index contributed by atoms with van der Waals surface area (Å²) in [6, 6.07) is 14.3. The van der Waals surface area contributed by atoms with Crippen molar-refractivity contribution in [3.8, 4) is 0 Å². The zero-order valence-corrected chi connectivity index (χ0v) is 14.2. The van der Waals surface area contributed by atoms with E-state index in [1.165, 1.54) is 24.3 Å². The van der Waals surface area contributed by atoms with E-state index in [0.717, 1.165) is 20.9 Å². The van der Waals surface area contributed by atoms with Gasteiger partial charge in [-0.1, -0.05) is 24.3 Å². The number of imide groups is 2. The molecule has 0 radical (unpaired) electrons. The second kappa shape index (κ2) is 6.49. The monoisotopic (exact) mass is 358 g/mol. The first-order valence-electron chi connectivity index (χ1n) is 8.33. The summed E-state index contributed by atoms with van der Waals surface area (Å²) in [7, 11) is 0. The van der Waals surface area contributed by atoms with Crippen molar-refractivity contribution in [3.05, 3.63) is 84.0 Å². The van der Waals surface area contributed by atoms with E-state index in [1.807, 2.05) is 18.2 Å². The van der Waals surface area contributed by atoms with Gasteiger partial charge in [-0.3, -0.25) is 19.2 Å². The Hall–Kier alpha value is -3.80. The highest BCUT2D eigenvalue weighted by Crippen LogP contribution is 2.23. The lowest BCUT2D eigenvalue weighted by Gasteiger charge is -2.16. The van der Waals surface area contributed by atoms with Crippen molar-refractivity contribution < 1.29 is 19.2 Å². The Labute approximate surface area is 155 Å². The van der Waals surface area contributed by atoms with Gasteiger partial charge in [0, 0.05) is 24.3 Å². The van der Waals surface area contributed by atoms with Gasteiger partial charge in [-0.2, -0.15) is 0 Å². The molecule has 4 amide bonds. The van der Waals surface area contributed by atoms with E-state index in [1.54, 1.807) is 30.3 Å². The average molecular weight is 358 g/mol. The van der Waals surface area contributed by atoms with E-state index in [0.29, 0.717) is 17.8 Å². The molecule has 132 valence electrons. The summed E-state index contributed by atoms with van der Waals surface area (Å²) in [6.45, 7) is 0. The zero-order chi connectivity index (χ0) is 19.0. The number of carbonyl (C=O) groups is 4. The third-order valence-corrected chi connectivity index (χ3v) is 4.39. The molecule has 2 aromatic carbocycles. The lowest BCUT2D eigenvalue weighted by molar-refractivity contribution is -0.121. The van der Waals surface area contributed by atoms with Crippen LogP contribution < -0.4 is 9.80 Å². The van der Waals surface area contributed by atoms with Gasteiger partial charge < -0.3 is 0 Å². The van der Waals surface area contributed by atoms with E-state index in [4.69, 9.17) is 0 Å². The van der Waals surface area contributed by atoms with Crippen LogP contribution in [0.5, 0.6) is 0 Å². The van der Waals surface area contributed by atoms with Crippen molar-refractivity contribution in [2.75, 3.05) is 9.80 Å². The maximum atomic E-state index is 11.8. The number of anilines is 2. The SMILES string of the molecule is O=C1C=CC(=O)N1c1ccc(Cc2cccc(N3C(=O)C=CC3=O)c2)cc1. The number of carbonyl (C=O) groups excluding carboxylic acids is 4. The first-order chi connectivity index (χ1) is 13.0. The van der Waals surface area contributed by atoms with Crippen LogP contribution in [0, 0.1) is 0 Å². The number of amides is 4. The Morgan fingerprint density at radius 3 is 1.63 bits per heavy atom. The molecule has 0 saturated heterocycles. The fraction of sp³-hybridized carbons (Fsp3) is 0.0476. The summed E-state index contributed by atoms with van der Waals surface area (Å²) in [5.74, 6) is -1.41. The third-order valence-electron chi connectivity index (χ3n) is 4.39. The maximum absolute atomic E-state index is 11.8. The minimum absolute atomic E-state index is 0.352. The number of hydrogen-bond donors (Lipinski definition) is 0. The molecule has 0 bridgehead atoms. The second-order valence-electron chi connectivity index (χ2n) is 6.20. The van der Waals surface area contributed by atoms with Crippen LogP contribution in [0.15, 0.2) is 72.8 Å². The summed E-state index contributed by atoms with van der Waals surface area (Å²) in [5, 5.41) is 0. The molecule has 0 aliphatic carbocycles. The molecule has 27 heavy (non-hydrogen) atoms. The lowest BCUT2D eigenvalue weighted by atomic mass is 10.0. The van der Waals surface area contributed by atoms with Crippen LogP contribution in [-0.2, 0) is 25.6 Å². The van der Waals surface area contributed by atoms with Crippen molar-refractivity contribution >= 4 is 35.0 Å². The predicted molar refractivity (Wildman–Crippen MR) is 99.0 cm³/mol. The topological polar surface area (TPSA) is 74.8 Å². The van der Waals surface area contributed by atoms with Gasteiger partial charge in [0.15, 0.2) is 0 Å². The van der Waals surface area contributed by atoms with Gasteiger partial charge in [-0.15, -0.1) is 0 Å². The molecule has 0 atom stereocenters. The number of hydrogen-bond acceptors (Lipinski definition) is 4. The van der Waals surface area contributed by atoms with E-state index in [-0.39, 0.29) is 23.6 Å². The van der Waals surface area contributed by atoms with Crippen LogP contribution >= 0.6 is 0 Å². The van der Waals surface area contributed by atoms with Crippen LogP contribution in [0.3, 0.4) is 0 Å². The van der Waals surface area contributed by atoms with Crippen molar-refractivity contribution in [2.24, 2.45) is 0 Å². The van der Waals surface area contributed by atoms with Crippen molar-refractivity contribution in [3.63, 3.8) is 0 Å². The normalized spacial score (nSPS) is 16.1. The van der Waals surface area contributed by atoms with Crippen LogP contribution in [0.25, 0.3) is 0 Å². The number of rotatable bonds is 4. The average Bonchev–Trinajstić information content (AvgIpc) is 3.17. The minimum atomic E-state index is -0.353. The fourth-order valence-corrected chi connectivity index (χ4v) is 3.11. The summed E-state index contributed by atoms with van der Waals surface area (Å²) >= 11 is 0. The molecule has 0 N–H and O–H groups in total. The molecule has 0 fully saturated rings. The van der Waals surface area contributed by atoms with Gasteiger partial charge in [-0.05, 0) is 41.8 Å². The number of nitrogens with zero attached hydrogens (tertiary/aromatic N) is 2. The van der Waals surface area contributed by atoms with E-state index < -0.39 is 0 Å². The molecule has 2 aliphatic heterocycles. The standard InChI is InChI=1S/C21H14N2O4/c24-18-8-9-19(25)22(18)16-6-4-14(5-7-16)12-15-2-1-3-17(13-15)23-20(26)10-11-21(23)27/h1-11,13H,12H2. The molecule has 0 spiro atoms. The molecule has 2 heterocycles.